The number of benzene rings is 1. The molecule has 0 aromatic heterocycles. The van der Waals surface area contributed by atoms with Crippen molar-refractivity contribution in [2.75, 3.05) is 26.2 Å². The van der Waals surface area contributed by atoms with Gasteiger partial charge >= 0.3 is 12.1 Å². The standard InChI is InChI=1S/C21H29FN2O2.C2HF3O2/c22-18-7-5-17(6-8-18)16-24-13-3-10-21(24)9-2-12-23(14-11-21)20(25)19-4-1-15-26-19;3-2(4,5)1(6)7/h5-8,19H,1-4,9-16H2;(H,6,7)/t19-,21?;/m1./s1. The average molecular weight is 474 g/mol. The molecule has 184 valence electrons. The van der Waals surface area contributed by atoms with Crippen LogP contribution in [0, 0.1) is 5.82 Å². The summed E-state index contributed by atoms with van der Waals surface area (Å²) in [4.78, 5) is 26.2. The maximum absolute atomic E-state index is 13.2. The van der Waals surface area contributed by atoms with Gasteiger partial charge in [0.2, 0.25) is 0 Å². The van der Waals surface area contributed by atoms with Gasteiger partial charge in [-0.15, -0.1) is 0 Å². The Morgan fingerprint density at radius 2 is 1.67 bits per heavy atom. The fourth-order valence-corrected chi connectivity index (χ4v) is 4.99. The minimum Gasteiger partial charge on any atom is -0.475 e. The lowest BCUT2D eigenvalue weighted by atomic mass is 9.87. The highest BCUT2D eigenvalue weighted by Gasteiger charge is 2.42. The van der Waals surface area contributed by atoms with Crippen molar-refractivity contribution in [1.82, 2.24) is 9.80 Å². The number of likely N-dealkylation sites (tertiary alicyclic amines) is 2. The van der Waals surface area contributed by atoms with Crippen LogP contribution in [-0.4, -0.2) is 70.8 Å². The van der Waals surface area contributed by atoms with E-state index in [0.717, 1.165) is 64.9 Å². The van der Waals surface area contributed by atoms with Gasteiger partial charge in [0.1, 0.15) is 11.9 Å². The molecule has 6 nitrogen and oxygen atoms in total. The molecule has 0 aliphatic carbocycles. The van der Waals surface area contributed by atoms with Gasteiger partial charge in [-0.3, -0.25) is 9.69 Å². The maximum Gasteiger partial charge on any atom is 0.490 e. The molecule has 0 bridgehead atoms. The van der Waals surface area contributed by atoms with E-state index in [4.69, 9.17) is 14.6 Å². The van der Waals surface area contributed by atoms with Crippen LogP contribution in [0.5, 0.6) is 0 Å². The molecule has 1 spiro atoms. The number of aliphatic carboxylic acids is 1. The second kappa shape index (κ2) is 10.8. The summed E-state index contributed by atoms with van der Waals surface area (Å²) in [6.45, 7) is 4.38. The number of carboxylic acids is 1. The van der Waals surface area contributed by atoms with Gasteiger partial charge in [-0.05, 0) is 69.2 Å². The predicted molar refractivity (Wildman–Crippen MR) is 112 cm³/mol. The van der Waals surface area contributed by atoms with E-state index >= 15 is 0 Å². The number of carboxylic acid groups (broad SMARTS) is 1. The Labute approximate surface area is 190 Å². The highest BCUT2D eigenvalue weighted by Crippen LogP contribution is 2.39. The van der Waals surface area contributed by atoms with Gasteiger partial charge in [-0.25, -0.2) is 9.18 Å². The lowest BCUT2D eigenvalue weighted by Gasteiger charge is -2.38. The Morgan fingerprint density at radius 3 is 2.24 bits per heavy atom. The van der Waals surface area contributed by atoms with Crippen LogP contribution in [0.15, 0.2) is 24.3 Å². The van der Waals surface area contributed by atoms with Crippen LogP contribution in [0.1, 0.15) is 50.5 Å². The quantitative estimate of drug-likeness (QED) is 0.671. The molecule has 1 aromatic rings. The smallest absolute Gasteiger partial charge is 0.475 e. The number of amides is 1. The first-order chi connectivity index (χ1) is 15.6. The van der Waals surface area contributed by atoms with Crippen LogP contribution in [0.2, 0.25) is 0 Å². The highest BCUT2D eigenvalue weighted by atomic mass is 19.4. The van der Waals surface area contributed by atoms with Crippen LogP contribution in [0.4, 0.5) is 17.6 Å². The molecule has 3 heterocycles. The summed E-state index contributed by atoms with van der Waals surface area (Å²) < 4.78 is 50.5. The van der Waals surface area contributed by atoms with Gasteiger partial charge in [0, 0.05) is 31.8 Å². The van der Waals surface area contributed by atoms with E-state index < -0.39 is 12.1 Å². The molecule has 3 fully saturated rings. The lowest BCUT2D eigenvalue weighted by Crippen LogP contribution is -2.45. The Morgan fingerprint density at radius 1 is 1.03 bits per heavy atom. The zero-order chi connectivity index (χ0) is 24.1. The van der Waals surface area contributed by atoms with Gasteiger partial charge in [-0.1, -0.05) is 12.1 Å². The number of carbonyl (C=O) groups is 2. The number of carbonyl (C=O) groups excluding carboxylic acids is 1. The summed E-state index contributed by atoms with van der Waals surface area (Å²) in [5.74, 6) is -2.74. The molecule has 1 N–H and O–H groups in total. The molecular weight excluding hydrogens is 444 g/mol. The summed E-state index contributed by atoms with van der Waals surface area (Å²) in [5, 5.41) is 7.12. The molecule has 4 rings (SSSR count). The molecule has 2 atom stereocenters. The normalized spacial score (nSPS) is 26.1. The zero-order valence-electron chi connectivity index (χ0n) is 18.5. The number of hydrogen-bond acceptors (Lipinski definition) is 4. The van der Waals surface area contributed by atoms with Gasteiger partial charge in [0.15, 0.2) is 0 Å². The summed E-state index contributed by atoms with van der Waals surface area (Å²) in [5.41, 5.74) is 1.36. The molecule has 10 heteroatoms. The highest BCUT2D eigenvalue weighted by molar-refractivity contribution is 5.81. The van der Waals surface area contributed by atoms with E-state index in [1.54, 1.807) is 12.1 Å². The molecule has 1 amide bonds. The van der Waals surface area contributed by atoms with Gasteiger partial charge in [0.05, 0.1) is 0 Å². The molecule has 1 unspecified atom stereocenters. The van der Waals surface area contributed by atoms with Crippen LogP contribution in [0.3, 0.4) is 0 Å². The molecule has 3 aliphatic heterocycles. The number of ether oxygens (including phenoxy) is 1. The number of halogens is 4. The monoisotopic (exact) mass is 474 g/mol. The molecule has 0 saturated carbocycles. The first-order valence-electron chi connectivity index (χ1n) is 11.3. The number of hydrogen-bond donors (Lipinski definition) is 1. The molecule has 33 heavy (non-hydrogen) atoms. The SMILES string of the molecule is O=C(O)C(F)(F)F.O=C([C@H]1CCCO1)N1CCCC2(CCCN2Cc2ccc(F)cc2)CC1. The minimum atomic E-state index is -5.08. The summed E-state index contributed by atoms with van der Waals surface area (Å²) >= 11 is 0. The van der Waals surface area contributed by atoms with Crippen LogP contribution in [0.25, 0.3) is 0 Å². The van der Waals surface area contributed by atoms with E-state index in [9.17, 15) is 22.4 Å². The second-order valence-electron chi connectivity index (χ2n) is 8.86. The molecule has 1 aromatic carbocycles. The average Bonchev–Trinajstić information content (AvgIpc) is 3.37. The van der Waals surface area contributed by atoms with Gasteiger partial charge in [-0.2, -0.15) is 13.2 Å². The van der Waals surface area contributed by atoms with Crippen molar-refractivity contribution in [3.05, 3.63) is 35.6 Å². The first kappa shape index (κ1) is 25.4. The topological polar surface area (TPSA) is 70.1 Å². The Balaban J connectivity index is 0.000000383. The van der Waals surface area contributed by atoms with Crippen molar-refractivity contribution in [3.8, 4) is 0 Å². The van der Waals surface area contributed by atoms with Crippen LogP contribution in [-0.2, 0) is 20.9 Å². The third-order valence-corrected chi connectivity index (χ3v) is 6.70. The largest absolute Gasteiger partial charge is 0.490 e. The van der Waals surface area contributed by atoms with Crippen molar-refractivity contribution >= 4 is 11.9 Å². The predicted octanol–water partition coefficient (Wildman–Crippen LogP) is 3.99. The fourth-order valence-electron chi connectivity index (χ4n) is 4.99. The van der Waals surface area contributed by atoms with Crippen LogP contribution < -0.4 is 0 Å². The van der Waals surface area contributed by atoms with Gasteiger partial charge in [0.25, 0.3) is 5.91 Å². The van der Waals surface area contributed by atoms with E-state index in [1.807, 2.05) is 17.0 Å². The van der Waals surface area contributed by atoms with Gasteiger partial charge < -0.3 is 14.7 Å². The Bertz CT molecular complexity index is 812. The van der Waals surface area contributed by atoms with E-state index in [1.165, 1.54) is 18.4 Å². The third kappa shape index (κ3) is 6.66. The van der Waals surface area contributed by atoms with Crippen molar-refractivity contribution in [3.63, 3.8) is 0 Å². The van der Waals surface area contributed by atoms with Crippen molar-refractivity contribution < 1.29 is 37.0 Å². The first-order valence-corrected chi connectivity index (χ1v) is 11.3. The summed E-state index contributed by atoms with van der Waals surface area (Å²) in [7, 11) is 0. The Kier molecular flexibility index (Phi) is 8.33. The van der Waals surface area contributed by atoms with Crippen molar-refractivity contribution in [1.29, 1.82) is 0 Å². The summed E-state index contributed by atoms with van der Waals surface area (Å²) in [6.07, 6.45) is 2.23. The maximum atomic E-state index is 13.2. The van der Waals surface area contributed by atoms with Crippen molar-refractivity contribution in [2.45, 2.75) is 69.3 Å². The van der Waals surface area contributed by atoms with Crippen molar-refractivity contribution in [2.24, 2.45) is 0 Å². The van der Waals surface area contributed by atoms with E-state index in [0.29, 0.717) is 0 Å². The zero-order valence-corrected chi connectivity index (χ0v) is 18.5. The number of alkyl halides is 3. The Hall–Kier alpha value is -2.20. The van der Waals surface area contributed by atoms with E-state index in [2.05, 4.69) is 4.90 Å². The fraction of sp³-hybridized carbons (Fsp3) is 0.652. The molecule has 3 saturated heterocycles. The molecule has 3 aliphatic rings. The minimum absolute atomic E-state index is 0.178. The summed E-state index contributed by atoms with van der Waals surface area (Å²) in [6, 6.07) is 6.89. The number of nitrogens with zero attached hydrogens (tertiary/aromatic N) is 2. The van der Waals surface area contributed by atoms with Crippen LogP contribution >= 0.6 is 0 Å². The molecular formula is C23H30F4N2O4. The lowest BCUT2D eigenvalue weighted by molar-refractivity contribution is -0.192. The second-order valence-corrected chi connectivity index (χ2v) is 8.86. The number of rotatable bonds is 3. The third-order valence-electron chi connectivity index (χ3n) is 6.70. The van der Waals surface area contributed by atoms with E-state index in [-0.39, 0.29) is 23.4 Å². The molecule has 0 radical (unpaired) electrons.